The van der Waals surface area contributed by atoms with E-state index in [1.165, 1.54) is 12.1 Å². The fraction of sp³-hybridized carbons (Fsp3) is 0.320. The summed E-state index contributed by atoms with van der Waals surface area (Å²) in [5.41, 5.74) is -0.165. The first kappa shape index (κ1) is 22.5. The normalized spacial score (nSPS) is 22.8. The molecule has 178 valence electrons. The zero-order valence-electron chi connectivity index (χ0n) is 18.5. The predicted octanol–water partition coefficient (Wildman–Crippen LogP) is 4.07. The molecule has 34 heavy (non-hydrogen) atoms. The van der Waals surface area contributed by atoms with E-state index in [2.05, 4.69) is 5.10 Å². The lowest BCUT2D eigenvalue weighted by molar-refractivity contribution is -0.144. The number of halogens is 3. The Kier molecular flexibility index (Phi) is 5.22. The van der Waals surface area contributed by atoms with Crippen LogP contribution in [0.1, 0.15) is 41.3 Å². The third-order valence-corrected chi connectivity index (χ3v) is 6.96. The second-order valence-corrected chi connectivity index (χ2v) is 8.67. The van der Waals surface area contributed by atoms with E-state index in [9.17, 15) is 28.2 Å². The largest absolute Gasteiger partial charge is 0.433 e. The first-order valence-electron chi connectivity index (χ1n) is 11.1. The Hall–Kier alpha value is -3.30. The molecule has 6 nitrogen and oxygen atoms in total. The molecule has 0 aliphatic heterocycles. The highest BCUT2D eigenvalue weighted by molar-refractivity contribution is 5.86. The van der Waals surface area contributed by atoms with Crippen molar-refractivity contribution in [2.24, 2.45) is 0 Å². The topological polar surface area (TPSA) is 83.2 Å². The summed E-state index contributed by atoms with van der Waals surface area (Å²) in [6, 6.07) is 15.4. The number of nitrogens with one attached hydrogen (secondary N) is 1. The molecule has 2 aromatic carbocycles. The average molecular weight is 471 g/mol. The Bertz CT molecular complexity index is 1410. The molecule has 0 spiro atoms. The second kappa shape index (κ2) is 7.89. The minimum Gasteiger partial charge on any atom is -0.392 e. The number of hydrogen-bond acceptors (Lipinski definition) is 3. The quantitative estimate of drug-likeness (QED) is 0.420. The number of rotatable bonds is 4. The van der Waals surface area contributed by atoms with Gasteiger partial charge in [-0.05, 0) is 37.6 Å². The van der Waals surface area contributed by atoms with Gasteiger partial charge in [0.05, 0.1) is 23.5 Å². The molecular formula is C25H24F3N3O3. The zero-order chi connectivity index (χ0) is 24.4. The van der Waals surface area contributed by atoms with Crippen LogP contribution in [0.3, 0.4) is 0 Å². The van der Waals surface area contributed by atoms with Crippen LogP contribution < -0.4 is 5.56 Å². The molecule has 0 saturated heterocycles. The van der Waals surface area contributed by atoms with Crippen LogP contribution in [0.4, 0.5) is 13.2 Å². The van der Waals surface area contributed by atoms with Gasteiger partial charge in [-0.1, -0.05) is 36.4 Å². The smallest absolute Gasteiger partial charge is 0.392 e. The third-order valence-electron chi connectivity index (χ3n) is 6.96. The minimum absolute atomic E-state index is 0.228. The number of para-hydroxylation sites is 2. The molecule has 2 atom stereocenters. The first-order chi connectivity index (χ1) is 16.2. The maximum atomic E-state index is 13.9. The van der Waals surface area contributed by atoms with Crippen molar-refractivity contribution in [3.05, 3.63) is 87.5 Å². The van der Waals surface area contributed by atoms with Crippen LogP contribution >= 0.6 is 0 Å². The lowest BCUT2D eigenvalue weighted by Crippen LogP contribution is -2.53. The van der Waals surface area contributed by atoms with Gasteiger partial charge in [0.1, 0.15) is 5.69 Å². The predicted molar refractivity (Wildman–Crippen MR) is 121 cm³/mol. The molecule has 0 bridgehead atoms. The van der Waals surface area contributed by atoms with Crippen molar-refractivity contribution in [2.45, 2.75) is 50.6 Å². The summed E-state index contributed by atoms with van der Waals surface area (Å²) in [6.07, 6.45) is -7.59. The van der Waals surface area contributed by atoms with Crippen LogP contribution in [-0.2, 0) is 12.7 Å². The van der Waals surface area contributed by atoms with Crippen LogP contribution in [0.2, 0.25) is 0 Å². The highest BCUT2D eigenvalue weighted by Gasteiger charge is 2.56. The molecule has 2 heterocycles. The standard InChI is InChI=1S/C25H24F3N3O3/c1-3-30-13(2)17(15-11-7-8-12-16(15)30)18-21(32)19(22(18)33)20-23(25(26,27)28)29-31(24(20)34)14-9-5-4-6-10-14/h4-12,18-19,21-22,29,32-33H,3H2,1-2H3. The minimum atomic E-state index is -4.87. The maximum Gasteiger partial charge on any atom is 0.433 e. The van der Waals surface area contributed by atoms with Crippen molar-refractivity contribution in [1.82, 2.24) is 14.3 Å². The van der Waals surface area contributed by atoms with Crippen molar-refractivity contribution in [3.63, 3.8) is 0 Å². The zero-order valence-corrected chi connectivity index (χ0v) is 18.5. The molecule has 4 aromatic rings. The number of fused-ring (bicyclic) bond motifs is 1. The van der Waals surface area contributed by atoms with Gasteiger partial charge in [0.15, 0.2) is 0 Å². The molecule has 2 unspecified atom stereocenters. The van der Waals surface area contributed by atoms with Crippen LogP contribution in [-0.4, -0.2) is 36.8 Å². The molecule has 5 rings (SSSR count). The molecular weight excluding hydrogens is 447 g/mol. The number of aliphatic hydroxyl groups is 2. The Morgan fingerprint density at radius 1 is 0.941 bits per heavy atom. The van der Waals surface area contributed by atoms with Crippen molar-refractivity contribution in [1.29, 1.82) is 0 Å². The SMILES string of the molecule is CCn1c(C)c(C2C(O)C(c3c(C(F)(F)F)[nH]n(-c4ccccc4)c3=O)C2O)c2ccccc21. The number of benzene rings is 2. The van der Waals surface area contributed by atoms with Gasteiger partial charge in [0, 0.05) is 35.0 Å². The molecule has 0 radical (unpaired) electrons. The van der Waals surface area contributed by atoms with E-state index in [1.54, 1.807) is 18.2 Å². The van der Waals surface area contributed by atoms with Gasteiger partial charge in [-0.3, -0.25) is 9.89 Å². The molecule has 2 aromatic heterocycles. The van der Waals surface area contributed by atoms with Crippen molar-refractivity contribution < 1.29 is 23.4 Å². The number of aromatic nitrogens is 3. The van der Waals surface area contributed by atoms with Crippen molar-refractivity contribution >= 4 is 10.9 Å². The second-order valence-electron chi connectivity index (χ2n) is 8.67. The van der Waals surface area contributed by atoms with Gasteiger partial charge in [0.25, 0.3) is 5.56 Å². The van der Waals surface area contributed by atoms with Gasteiger partial charge in [-0.25, -0.2) is 4.68 Å². The Labute approximate surface area is 192 Å². The Morgan fingerprint density at radius 3 is 2.15 bits per heavy atom. The van der Waals surface area contributed by atoms with Gasteiger partial charge in [-0.2, -0.15) is 13.2 Å². The van der Waals surface area contributed by atoms with E-state index >= 15 is 0 Å². The average Bonchev–Trinajstić information content (AvgIpc) is 3.29. The van der Waals surface area contributed by atoms with Crippen LogP contribution in [0.15, 0.2) is 59.4 Å². The molecule has 1 aliphatic carbocycles. The van der Waals surface area contributed by atoms with E-state index in [4.69, 9.17) is 0 Å². The van der Waals surface area contributed by atoms with E-state index < -0.39 is 47.0 Å². The monoisotopic (exact) mass is 471 g/mol. The first-order valence-corrected chi connectivity index (χ1v) is 11.1. The number of hydrogen-bond donors (Lipinski definition) is 3. The number of aliphatic hydroxyl groups excluding tert-OH is 2. The lowest BCUT2D eigenvalue weighted by Gasteiger charge is -2.46. The van der Waals surface area contributed by atoms with Crippen LogP contribution in [0.25, 0.3) is 16.6 Å². The van der Waals surface area contributed by atoms with Gasteiger partial charge >= 0.3 is 6.18 Å². The van der Waals surface area contributed by atoms with E-state index in [-0.39, 0.29) is 5.69 Å². The van der Waals surface area contributed by atoms with Crippen molar-refractivity contribution in [2.75, 3.05) is 0 Å². The van der Waals surface area contributed by atoms with E-state index in [1.807, 2.05) is 42.7 Å². The van der Waals surface area contributed by atoms with E-state index in [0.717, 1.165) is 21.3 Å². The summed E-state index contributed by atoms with van der Waals surface area (Å²) >= 11 is 0. The number of aromatic amines is 1. The molecule has 9 heteroatoms. The maximum absolute atomic E-state index is 13.9. The van der Waals surface area contributed by atoms with E-state index in [0.29, 0.717) is 12.1 Å². The number of nitrogens with zero attached hydrogens (tertiary/aromatic N) is 2. The summed E-state index contributed by atoms with van der Waals surface area (Å²) in [4.78, 5) is 13.1. The molecule has 0 amide bonds. The Morgan fingerprint density at radius 2 is 1.53 bits per heavy atom. The van der Waals surface area contributed by atoms with Gasteiger partial charge < -0.3 is 14.8 Å². The summed E-state index contributed by atoms with van der Waals surface area (Å²) in [5, 5.41) is 25.2. The van der Waals surface area contributed by atoms with Crippen LogP contribution in [0, 0.1) is 6.92 Å². The molecule has 3 N–H and O–H groups in total. The van der Waals surface area contributed by atoms with Crippen LogP contribution in [0.5, 0.6) is 0 Å². The summed E-state index contributed by atoms with van der Waals surface area (Å²) in [7, 11) is 0. The number of aryl methyl sites for hydroxylation is 1. The highest BCUT2D eigenvalue weighted by Crippen LogP contribution is 2.52. The third kappa shape index (κ3) is 3.14. The van der Waals surface area contributed by atoms with Gasteiger partial charge in [-0.15, -0.1) is 0 Å². The number of alkyl halides is 3. The van der Waals surface area contributed by atoms with Gasteiger partial charge in [0.2, 0.25) is 0 Å². The summed E-state index contributed by atoms with van der Waals surface area (Å²) in [5.74, 6) is -2.19. The lowest BCUT2D eigenvalue weighted by atomic mass is 9.62. The summed E-state index contributed by atoms with van der Waals surface area (Å²) < 4.78 is 44.6. The molecule has 1 saturated carbocycles. The fourth-order valence-electron chi connectivity index (χ4n) is 5.41. The molecule has 1 aliphatic rings. The Balaban J connectivity index is 1.62. The van der Waals surface area contributed by atoms with Crippen molar-refractivity contribution in [3.8, 4) is 5.69 Å². The molecule has 1 fully saturated rings. The summed E-state index contributed by atoms with van der Waals surface area (Å²) in [6.45, 7) is 4.50. The number of H-pyrrole nitrogens is 1. The fourth-order valence-corrected chi connectivity index (χ4v) is 5.41. The highest BCUT2D eigenvalue weighted by atomic mass is 19.4.